The number of fused-ring (bicyclic) bond motifs is 2. The molecule has 94 valence electrons. The van der Waals surface area contributed by atoms with Gasteiger partial charge in [0.1, 0.15) is 11.3 Å². The van der Waals surface area contributed by atoms with Gasteiger partial charge in [0.2, 0.25) is 0 Å². The second kappa shape index (κ2) is 3.67. The van der Waals surface area contributed by atoms with E-state index in [1.807, 2.05) is 0 Å². The summed E-state index contributed by atoms with van der Waals surface area (Å²) >= 11 is 0. The number of primary amides is 1. The van der Waals surface area contributed by atoms with E-state index in [1.165, 1.54) is 6.20 Å². The zero-order valence-electron chi connectivity index (χ0n) is 9.46. The third-order valence-electron chi connectivity index (χ3n) is 3.22. The minimum atomic E-state index is -0.794. The Morgan fingerprint density at radius 2 is 2.22 bits per heavy atom. The number of pyridine rings is 1. The van der Waals surface area contributed by atoms with Crippen molar-refractivity contribution in [2.24, 2.45) is 5.73 Å². The first kappa shape index (κ1) is 11.0. The van der Waals surface area contributed by atoms with E-state index in [-0.39, 0.29) is 23.4 Å². The largest absolute Gasteiger partial charge is 0.365 e. The zero-order chi connectivity index (χ0) is 12.9. The van der Waals surface area contributed by atoms with Crippen LogP contribution in [0.4, 0.5) is 0 Å². The average molecular weight is 249 g/mol. The highest BCUT2D eigenvalue weighted by molar-refractivity contribution is 5.96. The molecule has 0 bridgehead atoms. The lowest BCUT2D eigenvalue weighted by Gasteiger charge is -2.31. The predicted octanol–water partition coefficient (Wildman–Crippen LogP) is -1.24. The maximum absolute atomic E-state index is 12.1. The number of rotatable bonds is 1. The maximum Gasteiger partial charge on any atom is 0.272 e. The lowest BCUT2D eigenvalue weighted by molar-refractivity contribution is 0.00894. The summed E-state index contributed by atoms with van der Waals surface area (Å²) < 4.78 is 6.96. The minimum Gasteiger partial charge on any atom is -0.365 e. The second-order valence-electron chi connectivity index (χ2n) is 4.28. The first-order valence-corrected chi connectivity index (χ1v) is 5.55. The van der Waals surface area contributed by atoms with Crippen LogP contribution in [0, 0.1) is 0 Å². The normalized spacial score (nSPS) is 21.7. The van der Waals surface area contributed by atoms with Crippen LogP contribution in [0.1, 0.15) is 20.8 Å². The van der Waals surface area contributed by atoms with Crippen LogP contribution in [0.15, 0.2) is 17.1 Å². The highest BCUT2D eigenvalue weighted by Crippen LogP contribution is 2.21. The molecule has 2 aliphatic rings. The van der Waals surface area contributed by atoms with E-state index in [4.69, 9.17) is 10.5 Å². The summed E-state index contributed by atoms with van der Waals surface area (Å²) in [6.45, 7) is 1.41. The molecule has 0 aromatic carbocycles. The van der Waals surface area contributed by atoms with Gasteiger partial charge in [-0.15, -0.1) is 0 Å². The minimum absolute atomic E-state index is 0.113. The van der Waals surface area contributed by atoms with E-state index in [1.54, 1.807) is 9.47 Å². The van der Waals surface area contributed by atoms with Gasteiger partial charge in [-0.3, -0.25) is 14.4 Å². The number of hydrogen-bond acceptors (Lipinski definition) is 4. The highest BCUT2D eigenvalue weighted by atomic mass is 16.5. The van der Waals surface area contributed by atoms with Crippen molar-refractivity contribution in [1.29, 1.82) is 0 Å². The van der Waals surface area contributed by atoms with Crippen LogP contribution >= 0.6 is 0 Å². The Labute approximate surface area is 102 Å². The number of hydrogen-bond donors (Lipinski definition) is 1. The SMILES string of the molecule is NC(=O)c1cn2c(cc1=O)C(=O)N1CCOC1C2. The molecule has 7 heteroatoms. The Balaban J connectivity index is 2.14. The van der Waals surface area contributed by atoms with E-state index in [9.17, 15) is 14.4 Å². The van der Waals surface area contributed by atoms with Crippen LogP contribution in [-0.4, -0.2) is 40.7 Å². The van der Waals surface area contributed by atoms with Crippen molar-refractivity contribution in [2.45, 2.75) is 12.8 Å². The van der Waals surface area contributed by atoms with Crippen LogP contribution in [-0.2, 0) is 11.3 Å². The van der Waals surface area contributed by atoms with Gasteiger partial charge in [-0.25, -0.2) is 0 Å². The molecule has 7 nitrogen and oxygen atoms in total. The molecule has 0 saturated carbocycles. The molecule has 2 N–H and O–H groups in total. The lowest BCUT2D eigenvalue weighted by Crippen LogP contribution is -2.46. The third kappa shape index (κ3) is 1.44. The molecule has 2 amide bonds. The van der Waals surface area contributed by atoms with Gasteiger partial charge >= 0.3 is 0 Å². The van der Waals surface area contributed by atoms with Gasteiger partial charge in [-0.2, -0.15) is 0 Å². The average Bonchev–Trinajstić information content (AvgIpc) is 2.78. The van der Waals surface area contributed by atoms with Crippen molar-refractivity contribution < 1.29 is 14.3 Å². The summed E-state index contributed by atoms with van der Waals surface area (Å²) in [5.41, 5.74) is 4.74. The fourth-order valence-electron chi connectivity index (χ4n) is 2.31. The number of amides is 2. The molecule has 1 fully saturated rings. The van der Waals surface area contributed by atoms with Crippen molar-refractivity contribution in [3.8, 4) is 0 Å². The van der Waals surface area contributed by atoms with E-state index < -0.39 is 11.3 Å². The number of aromatic nitrogens is 1. The Morgan fingerprint density at radius 1 is 1.44 bits per heavy atom. The lowest BCUT2D eigenvalue weighted by atomic mass is 10.1. The first-order chi connectivity index (χ1) is 8.58. The quantitative estimate of drug-likeness (QED) is 0.673. The van der Waals surface area contributed by atoms with Crippen LogP contribution in [0.25, 0.3) is 0 Å². The molecule has 2 aliphatic heterocycles. The molecule has 1 aromatic rings. The summed E-state index contributed by atoms with van der Waals surface area (Å²) in [5, 5.41) is 0. The van der Waals surface area contributed by atoms with Crippen molar-refractivity contribution in [1.82, 2.24) is 9.47 Å². The van der Waals surface area contributed by atoms with Crippen molar-refractivity contribution >= 4 is 11.8 Å². The van der Waals surface area contributed by atoms with Crippen LogP contribution < -0.4 is 11.2 Å². The van der Waals surface area contributed by atoms with Crippen molar-refractivity contribution in [2.75, 3.05) is 13.2 Å². The fourth-order valence-corrected chi connectivity index (χ4v) is 2.31. The van der Waals surface area contributed by atoms with Crippen LogP contribution in [0.5, 0.6) is 0 Å². The number of carbonyl (C=O) groups excluding carboxylic acids is 2. The summed E-state index contributed by atoms with van der Waals surface area (Å²) in [6, 6.07) is 1.16. The second-order valence-corrected chi connectivity index (χ2v) is 4.28. The summed E-state index contributed by atoms with van der Waals surface area (Å²) in [7, 11) is 0. The summed E-state index contributed by atoms with van der Waals surface area (Å²) in [5.74, 6) is -1.05. The smallest absolute Gasteiger partial charge is 0.272 e. The molecule has 3 heterocycles. The molecule has 0 radical (unpaired) electrons. The van der Waals surface area contributed by atoms with Crippen LogP contribution in [0.2, 0.25) is 0 Å². The summed E-state index contributed by atoms with van der Waals surface area (Å²) in [4.78, 5) is 36.4. The molecule has 3 rings (SSSR count). The fraction of sp³-hybridized carbons (Fsp3) is 0.364. The predicted molar refractivity (Wildman–Crippen MR) is 60.0 cm³/mol. The van der Waals surface area contributed by atoms with Gasteiger partial charge in [0.15, 0.2) is 11.7 Å². The van der Waals surface area contributed by atoms with Gasteiger partial charge in [0.05, 0.1) is 13.2 Å². The zero-order valence-corrected chi connectivity index (χ0v) is 9.46. The Morgan fingerprint density at radius 3 is 2.94 bits per heavy atom. The molecule has 0 spiro atoms. The number of nitrogens with zero attached hydrogens (tertiary/aromatic N) is 2. The van der Waals surface area contributed by atoms with E-state index in [0.29, 0.717) is 19.7 Å². The molecule has 1 saturated heterocycles. The molecule has 1 unspecified atom stereocenters. The van der Waals surface area contributed by atoms with Crippen LogP contribution in [0.3, 0.4) is 0 Å². The molecule has 18 heavy (non-hydrogen) atoms. The first-order valence-electron chi connectivity index (χ1n) is 5.55. The number of nitrogens with two attached hydrogens (primary N) is 1. The molecule has 1 aromatic heterocycles. The topological polar surface area (TPSA) is 94.6 Å². The Bertz CT molecular complexity index is 607. The van der Waals surface area contributed by atoms with Gasteiger partial charge in [0, 0.05) is 18.8 Å². The van der Waals surface area contributed by atoms with Gasteiger partial charge in [-0.1, -0.05) is 0 Å². The van der Waals surface area contributed by atoms with Crippen molar-refractivity contribution in [3.05, 3.63) is 33.7 Å². The third-order valence-corrected chi connectivity index (χ3v) is 3.22. The Kier molecular flexibility index (Phi) is 2.24. The van der Waals surface area contributed by atoms with Gasteiger partial charge < -0.3 is 19.9 Å². The van der Waals surface area contributed by atoms with E-state index in [2.05, 4.69) is 0 Å². The standard InChI is InChI=1S/C11H11N3O4/c12-10(16)6-4-13-5-9-14(1-2-18-9)11(17)7(13)3-8(6)15/h3-4,9H,1-2,5H2,(H2,12,16). The van der Waals surface area contributed by atoms with Gasteiger partial charge in [-0.05, 0) is 0 Å². The number of ether oxygens (including phenoxy) is 1. The van der Waals surface area contributed by atoms with E-state index >= 15 is 0 Å². The van der Waals surface area contributed by atoms with Crippen molar-refractivity contribution in [3.63, 3.8) is 0 Å². The van der Waals surface area contributed by atoms with E-state index in [0.717, 1.165) is 6.07 Å². The molecular formula is C11H11N3O4. The highest BCUT2D eigenvalue weighted by Gasteiger charge is 2.36. The molecular weight excluding hydrogens is 238 g/mol. The maximum atomic E-state index is 12.1. The Hall–Kier alpha value is -2.15. The van der Waals surface area contributed by atoms with Gasteiger partial charge in [0.25, 0.3) is 11.8 Å². The monoisotopic (exact) mass is 249 g/mol. The molecule has 0 aliphatic carbocycles. The summed E-state index contributed by atoms with van der Waals surface area (Å²) in [6.07, 6.45) is 1.00. The molecule has 1 atom stereocenters. The number of carbonyl (C=O) groups is 2.